The van der Waals surface area contributed by atoms with Gasteiger partial charge in [-0.1, -0.05) is 63.2 Å². The van der Waals surface area contributed by atoms with Crippen LogP contribution < -0.4 is 0 Å². The van der Waals surface area contributed by atoms with E-state index in [1.54, 1.807) is 25.3 Å². The van der Waals surface area contributed by atoms with Crippen LogP contribution in [0.5, 0.6) is 0 Å². The molecule has 11 heteroatoms. The Labute approximate surface area is 294 Å². The molecule has 3 heterocycles. The summed E-state index contributed by atoms with van der Waals surface area (Å²) in [6.45, 7) is 7.72. The van der Waals surface area contributed by atoms with Crippen molar-refractivity contribution in [1.29, 1.82) is 0 Å². The second-order valence-corrected chi connectivity index (χ2v) is 18.3. The molecule has 1 aliphatic rings. The van der Waals surface area contributed by atoms with Crippen molar-refractivity contribution in [3.05, 3.63) is 100 Å². The summed E-state index contributed by atoms with van der Waals surface area (Å²) in [5.41, 5.74) is 2.99. The highest BCUT2D eigenvalue weighted by molar-refractivity contribution is 7.99. The molecular weight excluding hydrogens is 683 g/mol. The molecule has 1 aliphatic heterocycles. The summed E-state index contributed by atoms with van der Waals surface area (Å²) in [4.78, 5) is 20.6. The van der Waals surface area contributed by atoms with E-state index in [-0.39, 0.29) is 17.9 Å². The maximum atomic E-state index is 15.7. The quantitative estimate of drug-likeness (QED) is 0.192. The van der Waals surface area contributed by atoms with E-state index in [1.165, 1.54) is 23.5 Å². The second-order valence-electron chi connectivity index (χ2n) is 14.2. The number of H-pyrrole nitrogens is 1. The SMILES string of the molecule is C[C@@H](Cc1cccc([C@@]2(C)CCCC(C)(C)CS(=O)(=O)CCc3c(c(F)cc4[nH]ccc34)Sc3ccc(F)c(c3)-c3nc2cs3)c1)C(=O)O. The zero-order valence-electron chi connectivity index (χ0n) is 28.0. The van der Waals surface area contributed by atoms with Crippen LogP contribution >= 0.6 is 23.1 Å². The first-order chi connectivity index (χ1) is 23.1. The predicted octanol–water partition coefficient (Wildman–Crippen LogP) is 9.46. The smallest absolute Gasteiger partial charge is 0.306 e. The number of sulfone groups is 1. The van der Waals surface area contributed by atoms with E-state index < -0.39 is 44.2 Å². The van der Waals surface area contributed by atoms with Gasteiger partial charge < -0.3 is 10.1 Å². The molecule has 0 aliphatic carbocycles. The molecule has 0 fully saturated rings. The minimum Gasteiger partial charge on any atom is -0.481 e. The van der Waals surface area contributed by atoms with Crippen molar-refractivity contribution < 1.29 is 27.1 Å². The largest absolute Gasteiger partial charge is 0.481 e. The van der Waals surface area contributed by atoms with E-state index in [0.29, 0.717) is 57.1 Å². The summed E-state index contributed by atoms with van der Waals surface area (Å²) in [6, 6.07) is 15.8. The normalized spacial score (nSPS) is 20.2. The van der Waals surface area contributed by atoms with Crippen molar-refractivity contribution in [2.45, 2.75) is 75.0 Å². The fraction of sp³-hybridized carbons (Fsp3) is 0.368. The van der Waals surface area contributed by atoms with Crippen LogP contribution in [0.4, 0.5) is 8.78 Å². The monoisotopic (exact) mass is 722 g/mol. The molecule has 0 radical (unpaired) electrons. The molecule has 3 aromatic carbocycles. The topological polar surface area (TPSA) is 100 Å². The van der Waals surface area contributed by atoms with Crippen LogP contribution in [0.1, 0.15) is 69.3 Å². The number of aliphatic carboxylic acids is 1. The van der Waals surface area contributed by atoms with Crippen molar-refractivity contribution in [3.8, 4) is 10.6 Å². The summed E-state index contributed by atoms with van der Waals surface area (Å²) in [5, 5.41) is 12.7. The van der Waals surface area contributed by atoms with Crippen LogP contribution in [0, 0.1) is 23.0 Å². The first-order valence-electron chi connectivity index (χ1n) is 16.4. The van der Waals surface area contributed by atoms with Crippen molar-refractivity contribution >= 4 is 49.8 Å². The average molecular weight is 723 g/mol. The van der Waals surface area contributed by atoms with Crippen molar-refractivity contribution in [1.82, 2.24) is 9.97 Å². The molecule has 4 bridgehead atoms. The second kappa shape index (κ2) is 13.6. The van der Waals surface area contributed by atoms with Gasteiger partial charge in [0.2, 0.25) is 0 Å². The zero-order chi connectivity index (χ0) is 35.1. The number of fused-ring (bicyclic) bond motifs is 8. The standard InChI is InChI=1S/C38H40F2N2O4S3/c1-23(36(43)44)17-24-7-5-8-25(18-24)38(4)14-6-13-37(2,3)22-49(45,46)16-12-28-27-11-15-41-32(27)20-31(40)34(28)48-26-9-10-30(39)29(19-26)35-42-33(38)21-47-35/h5,7-11,15,18-21,23,41H,6,12-14,16-17,22H2,1-4H3,(H,43,44)/t23-,38+/m0/s1. The Morgan fingerprint density at radius 3 is 2.63 bits per heavy atom. The molecule has 6 rings (SSSR count). The Morgan fingerprint density at radius 2 is 1.86 bits per heavy atom. The van der Waals surface area contributed by atoms with Gasteiger partial charge in [-0.3, -0.25) is 4.79 Å². The minimum atomic E-state index is -3.53. The molecule has 0 spiro atoms. The first-order valence-corrected chi connectivity index (χ1v) is 19.9. The third-order valence-electron chi connectivity index (χ3n) is 9.66. The highest BCUT2D eigenvalue weighted by atomic mass is 32.2. The van der Waals surface area contributed by atoms with Gasteiger partial charge >= 0.3 is 5.97 Å². The molecule has 258 valence electrons. The van der Waals surface area contributed by atoms with Gasteiger partial charge in [-0.25, -0.2) is 22.2 Å². The van der Waals surface area contributed by atoms with Crippen LogP contribution in [0.3, 0.4) is 0 Å². The number of rotatable bonds is 4. The molecule has 5 aromatic rings. The molecule has 0 saturated heterocycles. The van der Waals surface area contributed by atoms with Gasteiger partial charge in [0.1, 0.15) is 16.6 Å². The average Bonchev–Trinajstić information content (AvgIpc) is 3.71. The number of aromatic amines is 1. The number of carboxylic acids is 1. The number of aryl methyl sites for hydroxylation is 1. The number of carboxylic acid groups (broad SMARTS) is 1. The van der Waals surface area contributed by atoms with E-state index in [9.17, 15) is 18.3 Å². The molecular formula is C38H40F2N2O4S3. The van der Waals surface area contributed by atoms with Gasteiger partial charge in [0, 0.05) is 38.4 Å². The Morgan fingerprint density at radius 1 is 1.06 bits per heavy atom. The number of thiazole rings is 1. The predicted molar refractivity (Wildman–Crippen MR) is 193 cm³/mol. The fourth-order valence-electron chi connectivity index (χ4n) is 6.90. The third kappa shape index (κ3) is 7.64. The maximum Gasteiger partial charge on any atom is 0.306 e. The lowest BCUT2D eigenvalue weighted by molar-refractivity contribution is -0.141. The molecule has 49 heavy (non-hydrogen) atoms. The fourth-order valence-corrected chi connectivity index (χ4v) is 10.9. The van der Waals surface area contributed by atoms with E-state index in [0.717, 1.165) is 34.0 Å². The third-order valence-corrected chi connectivity index (χ3v) is 13.7. The van der Waals surface area contributed by atoms with Gasteiger partial charge in [-0.15, -0.1) is 11.3 Å². The number of carbonyl (C=O) groups is 1. The van der Waals surface area contributed by atoms with E-state index >= 15 is 8.78 Å². The van der Waals surface area contributed by atoms with Crippen LogP contribution in [0.15, 0.2) is 76.0 Å². The van der Waals surface area contributed by atoms with Crippen LogP contribution in [-0.2, 0) is 32.9 Å². The van der Waals surface area contributed by atoms with Crippen molar-refractivity contribution in [2.24, 2.45) is 11.3 Å². The summed E-state index contributed by atoms with van der Waals surface area (Å²) in [7, 11) is -3.53. The van der Waals surface area contributed by atoms with Crippen molar-refractivity contribution in [3.63, 3.8) is 0 Å². The highest BCUT2D eigenvalue weighted by Gasteiger charge is 2.34. The Hall–Kier alpha value is -3.54. The van der Waals surface area contributed by atoms with E-state index in [2.05, 4.69) is 11.9 Å². The van der Waals surface area contributed by atoms with Crippen LogP contribution in [0.2, 0.25) is 0 Å². The number of benzene rings is 3. The van der Waals surface area contributed by atoms with E-state index in [1.807, 2.05) is 49.6 Å². The highest BCUT2D eigenvalue weighted by Crippen LogP contribution is 2.43. The van der Waals surface area contributed by atoms with Gasteiger partial charge in [0.25, 0.3) is 0 Å². The molecule has 0 saturated carbocycles. The first kappa shape index (κ1) is 35.3. The van der Waals surface area contributed by atoms with Crippen LogP contribution in [-0.4, -0.2) is 41.0 Å². The van der Waals surface area contributed by atoms with Crippen LogP contribution in [0.25, 0.3) is 21.5 Å². The number of nitrogens with one attached hydrogen (secondary N) is 1. The van der Waals surface area contributed by atoms with Gasteiger partial charge in [-0.2, -0.15) is 0 Å². The number of aromatic nitrogens is 2. The molecule has 2 aromatic heterocycles. The summed E-state index contributed by atoms with van der Waals surface area (Å²) in [5.74, 6) is -2.46. The Bertz CT molecular complexity index is 2140. The van der Waals surface area contributed by atoms with Crippen molar-refractivity contribution in [2.75, 3.05) is 11.5 Å². The lowest BCUT2D eigenvalue weighted by Gasteiger charge is -2.32. The lowest BCUT2D eigenvalue weighted by Crippen LogP contribution is -2.29. The Balaban J connectivity index is 1.47. The van der Waals surface area contributed by atoms with Gasteiger partial charge in [0.05, 0.1) is 28.0 Å². The molecule has 2 atom stereocenters. The summed E-state index contributed by atoms with van der Waals surface area (Å²) >= 11 is 2.50. The molecule has 2 N–H and O–H groups in total. The summed E-state index contributed by atoms with van der Waals surface area (Å²) < 4.78 is 58.5. The van der Waals surface area contributed by atoms with Gasteiger partial charge in [-0.05, 0) is 85.0 Å². The van der Waals surface area contributed by atoms with E-state index in [4.69, 9.17) is 4.98 Å². The van der Waals surface area contributed by atoms with Gasteiger partial charge in [0.15, 0.2) is 9.84 Å². The lowest BCUT2D eigenvalue weighted by atomic mass is 9.74. The molecule has 0 unspecified atom stereocenters. The number of nitrogens with zero attached hydrogens (tertiary/aromatic N) is 1. The zero-order valence-corrected chi connectivity index (χ0v) is 30.4. The Kier molecular flexibility index (Phi) is 9.82. The maximum absolute atomic E-state index is 15.7. The molecule has 6 nitrogen and oxygen atoms in total. The number of halogens is 2. The molecule has 0 amide bonds. The summed E-state index contributed by atoms with van der Waals surface area (Å²) in [6.07, 6.45) is 4.21. The minimum absolute atomic E-state index is 0.00445. The number of hydrogen-bond donors (Lipinski definition) is 2. The number of hydrogen-bond acceptors (Lipinski definition) is 6.